The molecule has 12 heavy (non-hydrogen) atoms. The van der Waals surface area contributed by atoms with Gasteiger partial charge in [-0.1, -0.05) is 12.1 Å². The van der Waals surface area contributed by atoms with E-state index in [9.17, 15) is 0 Å². The highest BCUT2D eigenvalue weighted by atomic mass is 32.2. The minimum Gasteiger partial charge on any atom is -0.423 e. The van der Waals surface area contributed by atoms with Gasteiger partial charge in [-0.3, -0.25) is 0 Å². The van der Waals surface area contributed by atoms with Crippen molar-refractivity contribution in [3.8, 4) is 0 Å². The van der Waals surface area contributed by atoms with Gasteiger partial charge in [-0.05, 0) is 30.3 Å². The minimum atomic E-state index is -1.36. The summed E-state index contributed by atoms with van der Waals surface area (Å²) in [5.41, 5.74) is 1.53. The Kier molecular flexibility index (Phi) is 3.20. The molecule has 0 aliphatic carbocycles. The van der Waals surface area contributed by atoms with Gasteiger partial charge in [0, 0.05) is 4.90 Å². The monoisotopic (exact) mass is 182 g/mol. The largest absolute Gasteiger partial charge is 0.488 e. The molecule has 0 aliphatic rings. The highest BCUT2D eigenvalue weighted by molar-refractivity contribution is 7.98. The van der Waals surface area contributed by atoms with E-state index in [0.717, 1.165) is 10.5 Å². The van der Waals surface area contributed by atoms with Gasteiger partial charge in [0.05, 0.1) is 0 Å². The van der Waals surface area contributed by atoms with Crippen molar-refractivity contribution in [3.63, 3.8) is 0 Å². The molecule has 0 atom stereocenters. The standard InChI is InChI=1S/C8H11BO2S/c1-6-7(9(10)11)4-3-5-8(6)12-2/h3-5,10-11H,1-2H3. The van der Waals surface area contributed by atoms with Crippen LogP contribution in [0.15, 0.2) is 23.1 Å². The minimum absolute atomic E-state index is 0.585. The van der Waals surface area contributed by atoms with Crippen LogP contribution in [0.4, 0.5) is 0 Å². The average molecular weight is 182 g/mol. The maximum atomic E-state index is 8.97. The number of thioether (sulfide) groups is 1. The highest BCUT2D eigenvalue weighted by Gasteiger charge is 2.14. The van der Waals surface area contributed by atoms with E-state index in [1.165, 1.54) is 0 Å². The molecule has 64 valence electrons. The van der Waals surface area contributed by atoms with E-state index in [1.807, 2.05) is 25.3 Å². The van der Waals surface area contributed by atoms with Crippen molar-refractivity contribution in [1.82, 2.24) is 0 Å². The van der Waals surface area contributed by atoms with Crippen LogP contribution in [-0.2, 0) is 0 Å². The van der Waals surface area contributed by atoms with Gasteiger partial charge in [0.1, 0.15) is 0 Å². The van der Waals surface area contributed by atoms with E-state index in [1.54, 1.807) is 17.8 Å². The van der Waals surface area contributed by atoms with Crippen LogP contribution in [0, 0.1) is 6.92 Å². The Labute approximate surface area is 76.8 Å². The maximum Gasteiger partial charge on any atom is 0.488 e. The summed E-state index contributed by atoms with van der Waals surface area (Å²) in [6, 6.07) is 5.51. The summed E-state index contributed by atoms with van der Waals surface area (Å²) >= 11 is 1.60. The summed E-state index contributed by atoms with van der Waals surface area (Å²) < 4.78 is 0. The fourth-order valence-corrected chi connectivity index (χ4v) is 1.77. The van der Waals surface area contributed by atoms with Crippen LogP contribution in [0.2, 0.25) is 0 Å². The molecule has 0 heterocycles. The maximum absolute atomic E-state index is 8.97. The fraction of sp³-hybridized carbons (Fsp3) is 0.250. The first-order valence-corrected chi connectivity index (χ1v) is 4.89. The smallest absolute Gasteiger partial charge is 0.423 e. The molecule has 0 amide bonds. The first-order chi connectivity index (χ1) is 5.66. The lowest BCUT2D eigenvalue weighted by atomic mass is 9.77. The van der Waals surface area contributed by atoms with Gasteiger partial charge in [-0.25, -0.2) is 0 Å². The zero-order valence-corrected chi connectivity index (χ0v) is 7.93. The third kappa shape index (κ3) is 1.83. The SMILES string of the molecule is CSc1cccc(B(O)O)c1C. The lowest BCUT2D eigenvalue weighted by Gasteiger charge is -2.07. The number of hydrogen-bond donors (Lipinski definition) is 2. The summed E-state index contributed by atoms with van der Waals surface area (Å²) in [6.45, 7) is 1.89. The van der Waals surface area contributed by atoms with Crippen molar-refractivity contribution < 1.29 is 10.0 Å². The second-order valence-corrected chi connectivity index (χ2v) is 3.40. The summed E-state index contributed by atoms with van der Waals surface area (Å²) in [7, 11) is -1.36. The van der Waals surface area contributed by atoms with Gasteiger partial charge >= 0.3 is 7.12 Å². The van der Waals surface area contributed by atoms with Crippen molar-refractivity contribution in [2.24, 2.45) is 0 Å². The second kappa shape index (κ2) is 3.98. The van der Waals surface area contributed by atoms with Gasteiger partial charge in [0.15, 0.2) is 0 Å². The Morgan fingerprint density at radius 2 is 2.00 bits per heavy atom. The Bertz CT molecular complexity index is 276. The van der Waals surface area contributed by atoms with Crippen molar-refractivity contribution >= 4 is 24.3 Å². The number of hydrogen-bond acceptors (Lipinski definition) is 3. The van der Waals surface area contributed by atoms with Crippen LogP contribution in [0.1, 0.15) is 5.56 Å². The average Bonchev–Trinajstić information content (AvgIpc) is 2.04. The van der Waals surface area contributed by atoms with Crippen molar-refractivity contribution in [2.75, 3.05) is 6.26 Å². The predicted molar refractivity (Wildman–Crippen MR) is 52.8 cm³/mol. The quantitative estimate of drug-likeness (QED) is 0.513. The molecule has 1 aromatic carbocycles. The molecular weight excluding hydrogens is 171 g/mol. The molecule has 0 bridgehead atoms. The molecule has 0 fully saturated rings. The summed E-state index contributed by atoms with van der Waals surface area (Å²) in [4.78, 5) is 1.08. The molecule has 0 spiro atoms. The van der Waals surface area contributed by atoms with Crippen LogP contribution in [0.3, 0.4) is 0 Å². The van der Waals surface area contributed by atoms with E-state index >= 15 is 0 Å². The summed E-state index contributed by atoms with van der Waals surface area (Å²) in [6.07, 6.45) is 1.97. The van der Waals surface area contributed by atoms with Crippen LogP contribution < -0.4 is 5.46 Å². The first kappa shape index (κ1) is 9.64. The fourth-order valence-electron chi connectivity index (χ4n) is 1.13. The van der Waals surface area contributed by atoms with E-state index < -0.39 is 7.12 Å². The van der Waals surface area contributed by atoms with Crippen LogP contribution >= 0.6 is 11.8 Å². The zero-order valence-electron chi connectivity index (χ0n) is 7.11. The molecule has 0 saturated carbocycles. The molecule has 0 radical (unpaired) electrons. The Morgan fingerprint density at radius 1 is 1.33 bits per heavy atom. The van der Waals surface area contributed by atoms with E-state index in [0.29, 0.717) is 5.46 Å². The lowest BCUT2D eigenvalue weighted by molar-refractivity contribution is 0.425. The molecule has 2 N–H and O–H groups in total. The highest BCUT2D eigenvalue weighted by Crippen LogP contribution is 2.17. The molecule has 1 aromatic rings. The van der Waals surface area contributed by atoms with Gasteiger partial charge in [-0.15, -0.1) is 11.8 Å². The van der Waals surface area contributed by atoms with E-state index in [2.05, 4.69) is 0 Å². The topological polar surface area (TPSA) is 40.5 Å². The first-order valence-electron chi connectivity index (χ1n) is 3.66. The Morgan fingerprint density at radius 3 is 2.50 bits per heavy atom. The van der Waals surface area contributed by atoms with Gasteiger partial charge < -0.3 is 10.0 Å². The molecule has 2 nitrogen and oxygen atoms in total. The molecule has 0 aliphatic heterocycles. The van der Waals surface area contributed by atoms with E-state index in [4.69, 9.17) is 10.0 Å². The molecular formula is C8H11BO2S. The molecule has 0 saturated heterocycles. The predicted octanol–water partition coefficient (Wildman–Crippen LogP) is 0.397. The zero-order chi connectivity index (χ0) is 9.14. The Hall–Kier alpha value is -0.445. The van der Waals surface area contributed by atoms with Gasteiger partial charge in [0.25, 0.3) is 0 Å². The normalized spacial score (nSPS) is 10.0. The number of rotatable bonds is 2. The van der Waals surface area contributed by atoms with Gasteiger partial charge in [-0.2, -0.15) is 0 Å². The molecule has 0 unspecified atom stereocenters. The summed E-state index contributed by atoms with van der Waals surface area (Å²) in [5, 5.41) is 17.9. The second-order valence-electron chi connectivity index (χ2n) is 2.55. The Balaban J connectivity index is 3.14. The van der Waals surface area contributed by atoms with Crippen molar-refractivity contribution in [1.29, 1.82) is 0 Å². The third-order valence-electron chi connectivity index (χ3n) is 1.82. The van der Waals surface area contributed by atoms with Gasteiger partial charge in [0.2, 0.25) is 0 Å². The van der Waals surface area contributed by atoms with Crippen LogP contribution in [0.25, 0.3) is 0 Å². The van der Waals surface area contributed by atoms with E-state index in [-0.39, 0.29) is 0 Å². The van der Waals surface area contributed by atoms with Crippen molar-refractivity contribution in [2.45, 2.75) is 11.8 Å². The van der Waals surface area contributed by atoms with Crippen LogP contribution in [-0.4, -0.2) is 23.4 Å². The molecule has 1 rings (SSSR count). The molecule has 4 heteroatoms. The lowest BCUT2D eigenvalue weighted by Crippen LogP contribution is -2.32. The summed E-state index contributed by atoms with van der Waals surface area (Å²) in [5.74, 6) is 0. The molecule has 0 aromatic heterocycles. The number of benzene rings is 1. The van der Waals surface area contributed by atoms with Crippen LogP contribution in [0.5, 0.6) is 0 Å². The van der Waals surface area contributed by atoms with Crippen molar-refractivity contribution in [3.05, 3.63) is 23.8 Å². The third-order valence-corrected chi connectivity index (χ3v) is 2.71.